The summed E-state index contributed by atoms with van der Waals surface area (Å²) >= 11 is 0. The van der Waals surface area contributed by atoms with Crippen molar-refractivity contribution in [3.63, 3.8) is 0 Å². The van der Waals surface area contributed by atoms with Gasteiger partial charge in [-0.1, -0.05) is 32.6 Å². The molecule has 4 rings (SSSR count). The van der Waals surface area contributed by atoms with Gasteiger partial charge in [0.05, 0.1) is 12.7 Å². The van der Waals surface area contributed by atoms with Crippen molar-refractivity contribution >= 4 is 5.69 Å². The summed E-state index contributed by atoms with van der Waals surface area (Å²) in [7, 11) is 0. The van der Waals surface area contributed by atoms with Gasteiger partial charge in [-0.25, -0.2) is 4.39 Å². The highest BCUT2D eigenvalue weighted by Gasteiger charge is 2.44. The van der Waals surface area contributed by atoms with Gasteiger partial charge in [-0.05, 0) is 37.7 Å². The third-order valence-corrected chi connectivity index (χ3v) is 6.24. The van der Waals surface area contributed by atoms with E-state index in [4.69, 9.17) is 9.47 Å². The van der Waals surface area contributed by atoms with Gasteiger partial charge >= 0.3 is 0 Å². The minimum absolute atomic E-state index is 0.0947. The summed E-state index contributed by atoms with van der Waals surface area (Å²) in [6.45, 7) is 3.49. The van der Waals surface area contributed by atoms with Crippen molar-refractivity contribution < 1.29 is 13.9 Å². The van der Waals surface area contributed by atoms with Crippen LogP contribution in [0, 0.1) is 17.7 Å². The Morgan fingerprint density at radius 1 is 1.20 bits per heavy atom. The first kappa shape index (κ1) is 17.1. The molecule has 0 radical (unpaired) electrons. The molecule has 1 aromatic rings. The molecule has 0 bridgehead atoms. The summed E-state index contributed by atoms with van der Waals surface area (Å²) < 4.78 is 26.3. The van der Waals surface area contributed by atoms with E-state index in [2.05, 4.69) is 12.2 Å². The van der Waals surface area contributed by atoms with Gasteiger partial charge in [-0.3, -0.25) is 0 Å². The average Bonchev–Trinajstić information content (AvgIpc) is 3.12. The zero-order valence-corrected chi connectivity index (χ0v) is 15.2. The largest absolute Gasteiger partial charge is 0.491 e. The number of hydrogen-bond acceptors (Lipinski definition) is 3. The van der Waals surface area contributed by atoms with Crippen LogP contribution in [0.5, 0.6) is 5.75 Å². The smallest absolute Gasteiger partial charge is 0.167 e. The lowest BCUT2D eigenvalue weighted by Gasteiger charge is -2.42. The van der Waals surface area contributed by atoms with Crippen molar-refractivity contribution in [3.8, 4) is 5.75 Å². The number of anilines is 1. The van der Waals surface area contributed by atoms with Gasteiger partial charge in [0, 0.05) is 35.9 Å². The SMILES string of the molecule is CCCCOc1cc2c(cc1F)NC(C1CCCCC1)[C@@H]1CCO[C@H]21. The van der Waals surface area contributed by atoms with E-state index in [0.717, 1.165) is 37.1 Å². The minimum Gasteiger partial charge on any atom is -0.491 e. The number of rotatable bonds is 5. The third-order valence-electron chi connectivity index (χ3n) is 6.24. The number of halogens is 1. The summed E-state index contributed by atoms with van der Waals surface area (Å²) in [5, 5.41) is 3.70. The van der Waals surface area contributed by atoms with Crippen LogP contribution in [0.3, 0.4) is 0 Å². The Morgan fingerprint density at radius 2 is 2.04 bits per heavy atom. The fourth-order valence-electron chi connectivity index (χ4n) is 4.91. The quantitative estimate of drug-likeness (QED) is 0.718. The molecule has 3 aliphatic rings. The van der Waals surface area contributed by atoms with Crippen LogP contribution in [0.2, 0.25) is 0 Å². The molecule has 2 heterocycles. The van der Waals surface area contributed by atoms with Gasteiger partial charge in [0.15, 0.2) is 11.6 Å². The van der Waals surface area contributed by atoms with Gasteiger partial charge in [-0.2, -0.15) is 0 Å². The Labute approximate surface area is 150 Å². The van der Waals surface area contributed by atoms with Crippen molar-refractivity contribution in [1.82, 2.24) is 0 Å². The number of hydrogen-bond donors (Lipinski definition) is 1. The van der Waals surface area contributed by atoms with E-state index in [-0.39, 0.29) is 11.9 Å². The molecule has 1 saturated carbocycles. The predicted octanol–water partition coefficient (Wildman–Crippen LogP) is 5.46. The molecule has 1 aliphatic carbocycles. The average molecular weight is 347 g/mol. The Kier molecular flexibility index (Phi) is 5.16. The van der Waals surface area contributed by atoms with Crippen LogP contribution >= 0.6 is 0 Å². The molecule has 0 amide bonds. The van der Waals surface area contributed by atoms with Crippen molar-refractivity contribution in [2.45, 2.75) is 70.4 Å². The maximum Gasteiger partial charge on any atom is 0.167 e. The normalized spacial score (nSPS) is 29.0. The molecule has 25 heavy (non-hydrogen) atoms. The number of benzene rings is 1. The molecule has 0 aromatic heterocycles. The van der Waals surface area contributed by atoms with E-state index in [0.29, 0.717) is 30.2 Å². The lowest BCUT2D eigenvalue weighted by molar-refractivity contribution is 0.0728. The molecule has 1 N–H and O–H groups in total. The standard InChI is InChI=1S/C21H30FNO2/c1-2-3-10-24-19-12-16-18(13-17(19)22)23-20(14-7-5-4-6-8-14)15-9-11-25-21(15)16/h12-15,20-21,23H,2-11H2,1H3/t15-,20?,21-/m0/s1. The molecule has 1 saturated heterocycles. The van der Waals surface area contributed by atoms with Gasteiger partial charge in [0.25, 0.3) is 0 Å². The summed E-state index contributed by atoms with van der Waals surface area (Å²) in [6.07, 6.45) is 9.77. The second-order valence-electron chi connectivity index (χ2n) is 7.88. The predicted molar refractivity (Wildman–Crippen MR) is 97.6 cm³/mol. The number of fused-ring (bicyclic) bond motifs is 3. The van der Waals surface area contributed by atoms with E-state index < -0.39 is 0 Å². The maximum atomic E-state index is 14.5. The fraction of sp³-hybridized carbons (Fsp3) is 0.714. The minimum atomic E-state index is -0.263. The number of ether oxygens (including phenoxy) is 2. The van der Waals surface area contributed by atoms with Crippen molar-refractivity contribution in [3.05, 3.63) is 23.5 Å². The van der Waals surface area contributed by atoms with Crippen LogP contribution in [0.4, 0.5) is 10.1 Å². The fourth-order valence-corrected chi connectivity index (χ4v) is 4.91. The zero-order chi connectivity index (χ0) is 17.2. The molecule has 138 valence electrons. The Morgan fingerprint density at radius 3 is 2.84 bits per heavy atom. The maximum absolute atomic E-state index is 14.5. The van der Waals surface area contributed by atoms with Crippen LogP contribution in [0.1, 0.15) is 70.0 Å². The second kappa shape index (κ2) is 7.53. The summed E-state index contributed by atoms with van der Waals surface area (Å²) in [6, 6.07) is 3.93. The van der Waals surface area contributed by atoms with E-state index in [9.17, 15) is 4.39 Å². The molecule has 1 aromatic carbocycles. The summed E-state index contributed by atoms with van der Waals surface area (Å²) in [4.78, 5) is 0. The lowest BCUT2D eigenvalue weighted by Crippen LogP contribution is -2.42. The molecule has 4 heteroatoms. The summed E-state index contributed by atoms with van der Waals surface area (Å²) in [5.74, 6) is 1.31. The van der Waals surface area contributed by atoms with Crippen LogP contribution in [0.15, 0.2) is 12.1 Å². The first-order valence-corrected chi connectivity index (χ1v) is 10.1. The number of unbranched alkanes of at least 4 members (excludes halogenated alkanes) is 1. The van der Waals surface area contributed by atoms with Crippen LogP contribution < -0.4 is 10.1 Å². The third kappa shape index (κ3) is 3.38. The van der Waals surface area contributed by atoms with Crippen LogP contribution in [-0.2, 0) is 4.74 Å². The van der Waals surface area contributed by atoms with E-state index >= 15 is 0 Å². The summed E-state index contributed by atoms with van der Waals surface area (Å²) in [5.41, 5.74) is 2.00. The van der Waals surface area contributed by atoms with Crippen molar-refractivity contribution in [1.29, 1.82) is 0 Å². The molecule has 0 spiro atoms. The monoisotopic (exact) mass is 347 g/mol. The van der Waals surface area contributed by atoms with Crippen molar-refractivity contribution in [2.75, 3.05) is 18.5 Å². The molecule has 1 unspecified atom stereocenters. The second-order valence-corrected chi connectivity index (χ2v) is 7.88. The van der Waals surface area contributed by atoms with Crippen LogP contribution in [0.25, 0.3) is 0 Å². The Bertz CT molecular complexity index is 600. The van der Waals surface area contributed by atoms with E-state index in [1.165, 1.54) is 32.1 Å². The molecular formula is C21H30FNO2. The van der Waals surface area contributed by atoms with Gasteiger partial charge < -0.3 is 14.8 Å². The number of nitrogens with one attached hydrogen (secondary N) is 1. The highest BCUT2D eigenvalue weighted by Crippen LogP contribution is 2.49. The first-order valence-electron chi connectivity index (χ1n) is 10.1. The molecular weight excluding hydrogens is 317 g/mol. The molecule has 2 fully saturated rings. The highest BCUT2D eigenvalue weighted by atomic mass is 19.1. The van der Waals surface area contributed by atoms with Crippen molar-refractivity contribution in [2.24, 2.45) is 11.8 Å². The van der Waals surface area contributed by atoms with Gasteiger partial charge in [0.1, 0.15) is 0 Å². The highest BCUT2D eigenvalue weighted by molar-refractivity contribution is 5.59. The first-order chi connectivity index (χ1) is 12.3. The molecule has 2 aliphatic heterocycles. The molecule has 3 atom stereocenters. The van der Waals surface area contributed by atoms with Gasteiger partial charge in [0.2, 0.25) is 0 Å². The Hall–Kier alpha value is -1.29. The topological polar surface area (TPSA) is 30.5 Å². The lowest BCUT2D eigenvalue weighted by atomic mass is 9.73. The van der Waals surface area contributed by atoms with Gasteiger partial charge in [-0.15, -0.1) is 0 Å². The van der Waals surface area contributed by atoms with E-state index in [1.54, 1.807) is 6.07 Å². The molecule has 3 nitrogen and oxygen atoms in total. The zero-order valence-electron chi connectivity index (χ0n) is 15.2. The van der Waals surface area contributed by atoms with E-state index in [1.807, 2.05) is 6.07 Å². The Balaban J connectivity index is 1.60. The van der Waals surface area contributed by atoms with Crippen LogP contribution in [-0.4, -0.2) is 19.3 Å².